The molecule has 0 spiro atoms. The van der Waals surface area contributed by atoms with Gasteiger partial charge in [0.05, 0.1) is 6.54 Å². The van der Waals surface area contributed by atoms with Crippen LogP contribution in [0.2, 0.25) is 0 Å². The number of aryl methyl sites for hydroxylation is 1. The SMILES string of the molecule is CN1CCN(Nc2nc3c(c(=O)n(C)c(=O)n3C)n2Cc2ccc(Br)cc2)CC1. The van der Waals surface area contributed by atoms with Gasteiger partial charge in [-0.15, -0.1) is 0 Å². The maximum absolute atomic E-state index is 12.9. The molecule has 0 atom stereocenters. The Bertz CT molecular complexity index is 1150. The molecule has 154 valence electrons. The monoisotopic (exact) mass is 461 g/mol. The summed E-state index contributed by atoms with van der Waals surface area (Å²) in [7, 11) is 5.23. The molecule has 4 rings (SSSR count). The molecule has 0 unspecified atom stereocenters. The average molecular weight is 462 g/mol. The summed E-state index contributed by atoms with van der Waals surface area (Å²) in [5, 5.41) is 2.10. The summed E-state index contributed by atoms with van der Waals surface area (Å²) in [5.41, 5.74) is 4.46. The largest absolute Gasteiger partial charge is 0.332 e. The zero-order chi connectivity index (χ0) is 20.7. The van der Waals surface area contributed by atoms with Crippen molar-refractivity contribution in [1.29, 1.82) is 0 Å². The van der Waals surface area contributed by atoms with Crippen LogP contribution in [0.3, 0.4) is 0 Å². The number of nitrogens with zero attached hydrogens (tertiary/aromatic N) is 6. The van der Waals surface area contributed by atoms with Crippen LogP contribution in [-0.4, -0.2) is 61.8 Å². The van der Waals surface area contributed by atoms with Crippen molar-refractivity contribution in [3.63, 3.8) is 0 Å². The summed E-state index contributed by atoms with van der Waals surface area (Å²) in [6.45, 7) is 4.04. The van der Waals surface area contributed by atoms with Crippen LogP contribution in [0.25, 0.3) is 11.2 Å². The molecule has 9 nitrogen and oxygen atoms in total. The molecule has 0 amide bonds. The highest BCUT2D eigenvalue weighted by Crippen LogP contribution is 2.20. The van der Waals surface area contributed by atoms with Gasteiger partial charge in [-0.2, -0.15) is 4.98 Å². The van der Waals surface area contributed by atoms with Crippen molar-refractivity contribution >= 4 is 33.0 Å². The molecule has 0 saturated carbocycles. The van der Waals surface area contributed by atoms with E-state index in [0.29, 0.717) is 23.7 Å². The van der Waals surface area contributed by atoms with Crippen LogP contribution in [0.5, 0.6) is 0 Å². The molecular weight excluding hydrogens is 438 g/mol. The number of hydrogen-bond donors (Lipinski definition) is 1. The van der Waals surface area contributed by atoms with Gasteiger partial charge in [-0.25, -0.2) is 9.80 Å². The van der Waals surface area contributed by atoms with Crippen LogP contribution in [-0.2, 0) is 20.6 Å². The third kappa shape index (κ3) is 3.75. The Morgan fingerprint density at radius 2 is 1.66 bits per heavy atom. The van der Waals surface area contributed by atoms with Gasteiger partial charge < -0.3 is 4.90 Å². The molecule has 1 aliphatic heterocycles. The lowest BCUT2D eigenvalue weighted by Crippen LogP contribution is -2.47. The Kier molecular flexibility index (Phi) is 5.32. The summed E-state index contributed by atoms with van der Waals surface area (Å²) >= 11 is 3.45. The number of halogens is 1. The highest BCUT2D eigenvalue weighted by atomic mass is 79.9. The molecule has 0 bridgehead atoms. The highest BCUT2D eigenvalue weighted by Gasteiger charge is 2.22. The van der Waals surface area contributed by atoms with Gasteiger partial charge in [-0.05, 0) is 24.7 Å². The van der Waals surface area contributed by atoms with E-state index in [0.717, 1.165) is 40.8 Å². The molecule has 1 fully saturated rings. The molecule has 1 saturated heterocycles. The number of likely N-dealkylation sites (N-methyl/N-ethyl adjacent to an activating group) is 1. The van der Waals surface area contributed by atoms with E-state index < -0.39 is 0 Å². The normalized spacial score (nSPS) is 15.9. The van der Waals surface area contributed by atoms with Crippen molar-refractivity contribution in [2.75, 3.05) is 38.7 Å². The van der Waals surface area contributed by atoms with E-state index in [1.807, 2.05) is 28.8 Å². The Hall–Kier alpha value is -2.43. The fourth-order valence-electron chi connectivity index (χ4n) is 3.52. The van der Waals surface area contributed by atoms with Gasteiger partial charge in [0, 0.05) is 44.7 Å². The number of imidazole rings is 1. The number of benzene rings is 1. The quantitative estimate of drug-likeness (QED) is 0.619. The average Bonchev–Trinajstić information content (AvgIpc) is 3.06. The number of hydrazine groups is 1. The molecule has 3 aromatic rings. The van der Waals surface area contributed by atoms with Crippen LogP contribution >= 0.6 is 15.9 Å². The molecule has 2 aromatic heterocycles. The second kappa shape index (κ2) is 7.77. The Morgan fingerprint density at radius 3 is 2.31 bits per heavy atom. The van der Waals surface area contributed by atoms with Gasteiger partial charge >= 0.3 is 5.69 Å². The number of anilines is 1. The van der Waals surface area contributed by atoms with E-state index >= 15 is 0 Å². The summed E-state index contributed by atoms with van der Waals surface area (Å²) in [4.78, 5) is 32.2. The standard InChI is InChI=1S/C19H24BrN7O2/c1-23-8-10-26(11-9-23)22-18-21-16-15(17(28)25(3)19(29)24(16)2)27(18)12-13-4-6-14(20)7-5-13/h4-7H,8-12H2,1-3H3,(H,21,22). The van der Waals surface area contributed by atoms with E-state index in [-0.39, 0.29) is 11.2 Å². The molecule has 1 aliphatic rings. The fraction of sp³-hybridized carbons (Fsp3) is 0.421. The van der Waals surface area contributed by atoms with Crippen LogP contribution < -0.4 is 16.7 Å². The van der Waals surface area contributed by atoms with E-state index in [1.54, 1.807) is 7.05 Å². The summed E-state index contributed by atoms with van der Waals surface area (Å²) < 4.78 is 5.40. The van der Waals surface area contributed by atoms with Gasteiger partial charge in [0.25, 0.3) is 5.56 Å². The second-order valence-corrected chi connectivity index (χ2v) is 8.34. The van der Waals surface area contributed by atoms with Crippen LogP contribution in [0.15, 0.2) is 38.3 Å². The molecular formula is C19H24BrN7O2. The summed E-state index contributed by atoms with van der Waals surface area (Å²) in [6.07, 6.45) is 0. The predicted octanol–water partition coefficient (Wildman–Crippen LogP) is 0.819. The minimum Gasteiger partial charge on any atom is -0.304 e. The lowest BCUT2D eigenvalue weighted by molar-refractivity contribution is 0.177. The zero-order valence-corrected chi connectivity index (χ0v) is 18.3. The summed E-state index contributed by atoms with van der Waals surface area (Å²) in [6, 6.07) is 7.94. The predicted molar refractivity (Wildman–Crippen MR) is 116 cm³/mol. The molecule has 1 aromatic carbocycles. The minimum absolute atomic E-state index is 0.348. The molecule has 1 N–H and O–H groups in total. The van der Waals surface area contributed by atoms with Crippen molar-refractivity contribution in [2.24, 2.45) is 14.1 Å². The number of fused-ring (bicyclic) bond motifs is 1. The third-order valence-electron chi connectivity index (χ3n) is 5.36. The number of nitrogens with one attached hydrogen (secondary N) is 1. The Balaban J connectivity index is 1.83. The first-order chi connectivity index (χ1) is 13.8. The lowest BCUT2D eigenvalue weighted by Gasteiger charge is -2.32. The fourth-order valence-corrected chi connectivity index (χ4v) is 3.78. The van der Waals surface area contributed by atoms with E-state index in [4.69, 9.17) is 0 Å². The number of piperazine rings is 1. The Labute approximate surface area is 176 Å². The van der Waals surface area contributed by atoms with Crippen LogP contribution in [0, 0.1) is 0 Å². The number of rotatable bonds is 4. The minimum atomic E-state index is -0.387. The molecule has 0 radical (unpaired) electrons. The lowest BCUT2D eigenvalue weighted by atomic mass is 10.2. The van der Waals surface area contributed by atoms with E-state index in [1.165, 1.54) is 11.6 Å². The van der Waals surface area contributed by atoms with E-state index in [9.17, 15) is 9.59 Å². The van der Waals surface area contributed by atoms with E-state index in [2.05, 4.69) is 43.3 Å². The van der Waals surface area contributed by atoms with Crippen molar-refractivity contribution in [1.82, 2.24) is 28.6 Å². The van der Waals surface area contributed by atoms with Crippen LogP contribution in [0.4, 0.5) is 5.95 Å². The molecule has 3 heterocycles. The molecule has 0 aliphatic carbocycles. The number of hydrogen-bond acceptors (Lipinski definition) is 6. The van der Waals surface area contributed by atoms with Crippen LogP contribution in [0.1, 0.15) is 5.56 Å². The van der Waals surface area contributed by atoms with Gasteiger partial charge in [-0.3, -0.25) is 23.9 Å². The summed E-state index contributed by atoms with van der Waals surface area (Å²) in [5.74, 6) is 0.561. The topological polar surface area (TPSA) is 80.3 Å². The first kappa shape index (κ1) is 19.9. The van der Waals surface area contributed by atoms with Gasteiger partial charge in [0.15, 0.2) is 11.2 Å². The van der Waals surface area contributed by atoms with Gasteiger partial charge in [0.2, 0.25) is 5.95 Å². The highest BCUT2D eigenvalue weighted by molar-refractivity contribution is 9.10. The molecule has 29 heavy (non-hydrogen) atoms. The maximum Gasteiger partial charge on any atom is 0.332 e. The van der Waals surface area contributed by atoms with Crippen molar-refractivity contribution in [3.8, 4) is 0 Å². The van der Waals surface area contributed by atoms with Gasteiger partial charge in [-0.1, -0.05) is 28.1 Å². The third-order valence-corrected chi connectivity index (χ3v) is 5.89. The smallest absolute Gasteiger partial charge is 0.304 e. The number of aromatic nitrogens is 4. The van der Waals surface area contributed by atoms with Crippen molar-refractivity contribution < 1.29 is 0 Å². The zero-order valence-electron chi connectivity index (χ0n) is 16.7. The van der Waals surface area contributed by atoms with Crippen molar-refractivity contribution in [2.45, 2.75) is 6.54 Å². The second-order valence-electron chi connectivity index (χ2n) is 7.43. The van der Waals surface area contributed by atoms with Crippen molar-refractivity contribution in [3.05, 3.63) is 55.1 Å². The Morgan fingerprint density at radius 1 is 1.00 bits per heavy atom. The maximum atomic E-state index is 12.9. The van der Waals surface area contributed by atoms with Gasteiger partial charge in [0.1, 0.15) is 0 Å². The molecule has 10 heteroatoms. The first-order valence-corrected chi connectivity index (χ1v) is 10.3. The first-order valence-electron chi connectivity index (χ1n) is 9.46.